The fourth-order valence-corrected chi connectivity index (χ4v) is 3.01. The van der Waals surface area contributed by atoms with Gasteiger partial charge in [-0.2, -0.15) is 5.10 Å². The number of carbonyl (C=O) groups is 2. The minimum absolute atomic E-state index is 0.0365. The van der Waals surface area contributed by atoms with Gasteiger partial charge in [0.05, 0.1) is 11.4 Å². The van der Waals surface area contributed by atoms with E-state index in [4.69, 9.17) is 16.3 Å². The van der Waals surface area contributed by atoms with Crippen molar-refractivity contribution in [3.63, 3.8) is 0 Å². The summed E-state index contributed by atoms with van der Waals surface area (Å²) in [7, 11) is 0. The van der Waals surface area contributed by atoms with E-state index in [0.29, 0.717) is 22.2 Å². The van der Waals surface area contributed by atoms with Gasteiger partial charge in [-0.25, -0.2) is 5.43 Å². The smallest absolute Gasteiger partial charge is 0.277 e. The number of rotatable bonds is 8. The molecule has 0 spiro atoms. The molecule has 2 amide bonds. The fraction of sp³-hybridized carbons (Fsp3) is 0.125. The molecule has 0 aliphatic heterocycles. The van der Waals surface area contributed by atoms with E-state index in [0.717, 1.165) is 11.1 Å². The van der Waals surface area contributed by atoms with Gasteiger partial charge in [0.15, 0.2) is 6.61 Å². The van der Waals surface area contributed by atoms with Crippen LogP contribution in [-0.4, -0.2) is 24.1 Å². The summed E-state index contributed by atoms with van der Waals surface area (Å²) in [5, 5.41) is 7.29. The van der Waals surface area contributed by atoms with Crippen LogP contribution in [0.25, 0.3) is 11.1 Å². The Bertz CT molecular complexity index is 1080. The summed E-state index contributed by atoms with van der Waals surface area (Å²) in [6.45, 7) is 1.43. The maximum absolute atomic E-state index is 12.5. The average molecular weight is 436 g/mol. The second kappa shape index (κ2) is 10.9. The molecule has 0 fully saturated rings. The molecule has 0 aliphatic rings. The van der Waals surface area contributed by atoms with E-state index in [1.165, 1.54) is 0 Å². The fourth-order valence-electron chi connectivity index (χ4n) is 2.82. The number of ether oxygens (including phenoxy) is 1. The first-order valence-electron chi connectivity index (χ1n) is 9.66. The molecule has 0 radical (unpaired) electrons. The topological polar surface area (TPSA) is 79.8 Å². The predicted molar refractivity (Wildman–Crippen MR) is 123 cm³/mol. The number of benzene rings is 3. The molecule has 3 rings (SSSR count). The first-order chi connectivity index (χ1) is 15.0. The summed E-state index contributed by atoms with van der Waals surface area (Å²) in [6, 6.07) is 24.3. The van der Waals surface area contributed by atoms with E-state index in [2.05, 4.69) is 15.8 Å². The van der Waals surface area contributed by atoms with Gasteiger partial charge in [-0.3, -0.25) is 9.59 Å². The Kier molecular flexibility index (Phi) is 7.79. The van der Waals surface area contributed by atoms with Gasteiger partial charge < -0.3 is 10.1 Å². The van der Waals surface area contributed by atoms with Crippen molar-refractivity contribution in [3.05, 3.63) is 83.9 Å². The van der Waals surface area contributed by atoms with Crippen molar-refractivity contribution in [2.45, 2.75) is 13.3 Å². The van der Waals surface area contributed by atoms with E-state index in [1.54, 1.807) is 31.2 Å². The maximum Gasteiger partial charge on any atom is 0.277 e. The quantitative estimate of drug-likeness (QED) is 0.390. The highest BCUT2D eigenvalue weighted by molar-refractivity contribution is 6.32. The van der Waals surface area contributed by atoms with Crippen LogP contribution in [0, 0.1) is 0 Å². The van der Waals surface area contributed by atoms with Crippen LogP contribution in [0.15, 0.2) is 84.0 Å². The van der Waals surface area contributed by atoms with Crippen LogP contribution in [0.3, 0.4) is 0 Å². The Labute approximate surface area is 185 Å². The van der Waals surface area contributed by atoms with Crippen LogP contribution >= 0.6 is 11.6 Å². The van der Waals surface area contributed by atoms with E-state index in [9.17, 15) is 9.59 Å². The van der Waals surface area contributed by atoms with Crippen LogP contribution in [0.2, 0.25) is 5.02 Å². The molecule has 0 saturated heterocycles. The number of hydrogen-bond acceptors (Lipinski definition) is 4. The lowest BCUT2D eigenvalue weighted by Gasteiger charge is -2.11. The van der Waals surface area contributed by atoms with Crippen molar-refractivity contribution in [2.75, 3.05) is 11.9 Å². The zero-order valence-corrected chi connectivity index (χ0v) is 17.7. The van der Waals surface area contributed by atoms with Gasteiger partial charge in [0.25, 0.3) is 5.91 Å². The molecule has 0 bridgehead atoms. The highest BCUT2D eigenvalue weighted by Crippen LogP contribution is 2.27. The van der Waals surface area contributed by atoms with Gasteiger partial charge in [0, 0.05) is 17.0 Å². The summed E-state index contributed by atoms with van der Waals surface area (Å²) in [5.41, 5.74) is 5.49. The molecular formula is C24H22ClN3O3. The van der Waals surface area contributed by atoms with E-state index >= 15 is 0 Å². The molecule has 2 N–H and O–H groups in total. The van der Waals surface area contributed by atoms with Crippen molar-refractivity contribution in [3.8, 4) is 16.9 Å². The van der Waals surface area contributed by atoms with E-state index < -0.39 is 5.91 Å². The zero-order chi connectivity index (χ0) is 22.1. The Morgan fingerprint density at radius 2 is 1.58 bits per heavy atom. The zero-order valence-electron chi connectivity index (χ0n) is 17.0. The lowest BCUT2D eigenvalue weighted by atomic mass is 10.0. The number of anilines is 1. The summed E-state index contributed by atoms with van der Waals surface area (Å²) in [6.07, 6.45) is 0.0365. The van der Waals surface area contributed by atoms with Crippen LogP contribution < -0.4 is 15.5 Å². The average Bonchev–Trinajstić information content (AvgIpc) is 2.78. The number of halogens is 1. The largest absolute Gasteiger partial charge is 0.482 e. The Hall–Kier alpha value is -3.64. The number of carbonyl (C=O) groups excluding carboxylic acids is 2. The van der Waals surface area contributed by atoms with Crippen LogP contribution in [-0.2, 0) is 9.59 Å². The van der Waals surface area contributed by atoms with Gasteiger partial charge in [-0.1, -0.05) is 72.3 Å². The second-order valence-corrected chi connectivity index (χ2v) is 7.14. The standard InChI is InChI=1S/C24H22ClN3O3/c1-17(27-28-24(30)16-31-22-14-8-6-12-20(22)25)15-23(29)26-21-13-7-5-11-19(21)18-9-3-2-4-10-18/h2-14H,15-16H2,1H3,(H,26,29)(H,28,30)/b27-17-. The molecule has 0 unspecified atom stereocenters. The number of hydrazone groups is 1. The minimum atomic E-state index is -0.450. The van der Waals surface area contributed by atoms with Crippen molar-refractivity contribution in [1.29, 1.82) is 0 Å². The van der Waals surface area contributed by atoms with E-state index in [1.807, 2.05) is 54.6 Å². The summed E-state index contributed by atoms with van der Waals surface area (Å²) in [4.78, 5) is 24.4. The first kappa shape index (κ1) is 22.1. The molecule has 0 saturated carbocycles. The van der Waals surface area contributed by atoms with Crippen molar-refractivity contribution in [1.82, 2.24) is 5.43 Å². The molecule has 3 aromatic carbocycles. The molecule has 31 heavy (non-hydrogen) atoms. The Morgan fingerprint density at radius 1 is 0.903 bits per heavy atom. The third-order valence-corrected chi connectivity index (χ3v) is 4.58. The summed E-state index contributed by atoms with van der Waals surface area (Å²) in [5.74, 6) is -0.267. The Morgan fingerprint density at radius 3 is 2.35 bits per heavy atom. The minimum Gasteiger partial charge on any atom is -0.482 e. The summed E-state index contributed by atoms with van der Waals surface area (Å²) < 4.78 is 5.35. The number of hydrogen-bond donors (Lipinski definition) is 2. The second-order valence-electron chi connectivity index (χ2n) is 6.74. The molecule has 158 valence electrons. The lowest BCUT2D eigenvalue weighted by molar-refractivity contribution is -0.123. The van der Waals surface area contributed by atoms with E-state index in [-0.39, 0.29) is 18.9 Å². The van der Waals surface area contributed by atoms with Gasteiger partial charge in [-0.05, 0) is 30.7 Å². The van der Waals surface area contributed by atoms with Crippen LogP contribution in [0.1, 0.15) is 13.3 Å². The lowest BCUT2D eigenvalue weighted by Crippen LogP contribution is -2.26. The molecule has 7 heteroatoms. The number of nitrogens with zero attached hydrogens (tertiary/aromatic N) is 1. The molecule has 6 nitrogen and oxygen atoms in total. The highest BCUT2D eigenvalue weighted by atomic mass is 35.5. The normalized spacial score (nSPS) is 11.0. The predicted octanol–water partition coefficient (Wildman–Crippen LogP) is 4.91. The third kappa shape index (κ3) is 6.69. The van der Waals surface area contributed by atoms with Gasteiger partial charge in [0.2, 0.25) is 5.91 Å². The number of amides is 2. The molecule has 0 aliphatic carbocycles. The van der Waals surface area contributed by atoms with Gasteiger partial charge in [-0.15, -0.1) is 0 Å². The molecule has 3 aromatic rings. The number of para-hydroxylation sites is 2. The molecule has 0 aromatic heterocycles. The maximum atomic E-state index is 12.5. The van der Waals surface area contributed by atoms with Gasteiger partial charge in [0.1, 0.15) is 5.75 Å². The molecule has 0 heterocycles. The van der Waals surface area contributed by atoms with Crippen molar-refractivity contribution < 1.29 is 14.3 Å². The SMILES string of the molecule is C/C(CC(=O)Nc1ccccc1-c1ccccc1)=N/NC(=O)COc1ccccc1Cl. The van der Waals surface area contributed by atoms with Crippen molar-refractivity contribution >= 4 is 34.8 Å². The number of nitrogens with one attached hydrogen (secondary N) is 2. The summed E-state index contributed by atoms with van der Waals surface area (Å²) >= 11 is 5.98. The third-order valence-electron chi connectivity index (χ3n) is 4.27. The monoisotopic (exact) mass is 435 g/mol. The highest BCUT2D eigenvalue weighted by Gasteiger charge is 2.10. The molecule has 0 atom stereocenters. The van der Waals surface area contributed by atoms with Crippen LogP contribution in [0.5, 0.6) is 5.75 Å². The van der Waals surface area contributed by atoms with Crippen LogP contribution in [0.4, 0.5) is 5.69 Å². The Balaban J connectivity index is 1.52. The molecular weight excluding hydrogens is 414 g/mol. The first-order valence-corrected chi connectivity index (χ1v) is 10.0. The van der Waals surface area contributed by atoms with Gasteiger partial charge >= 0.3 is 0 Å². The van der Waals surface area contributed by atoms with Crippen molar-refractivity contribution in [2.24, 2.45) is 5.10 Å².